The zero-order valence-electron chi connectivity index (χ0n) is 11.2. The van der Waals surface area contributed by atoms with E-state index in [1.807, 2.05) is 23.5 Å². The van der Waals surface area contributed by atoms with Crippen LogP contribution in [-0.2, 0) is 0 Å². The predicted octanol–water partition coefficient (Wildman–Crippen LogP) is 5.19. The number of hydrogen-bond donors (Lipinski definition) is 1. The van der Waals surface area contributed by atoms with Crippen LogP contribution in [0, 0.1) is 5.82 Å². The molecule has 0 aliphatic rings. The van der Waals surface area contributed by atoms with Crippen molar-refractivity contribution in [1.29, 1.82) is 0 Å². The number of nitrogens with one attached hydrogen (secondary N) is 1. The van der Waals surface area contributed by atoms with Gasteiger partial charge in [0.1, 0.15) is 5.82 Å². The molecule has 4 heteroatoms. The molecule has 0 saturated carbocycles. The normalized spacial score (nSPS) is 12.9. The molecule has 0 amide bonds. The van der Waals surface area contributed by atoms with E-state index in [1.54, 1.807) is 11.3 Å². The van der Waals surface area contributed by atoms with Crippen molar-refractivity contribution in [3.8, 4) is 0 Å². The SMILES string of the molecule is CCCNC(c1ccc(F)cc1)c1cc2sccc2s1. The van der Waals surface area contributed by atoms with Crippen LogP contribution in [0.15, 0.2) is 41.8 Å². The molecule has 0 bridgehead atoms. The van der Waals surface area contributed by atoms with Crippen molar-refractivity contribution in [3.05, 3.63) is 58.0 Å². The van der Waals surface area contributed by atoms with E-state index in [1.165, 1.54) is 26.4 Å². The van der Waals surface area contributed by atoms with Gasteiger partial charge in [-0.05, 0) is 48.2 Å². The van der Waals surface area contributed by atoms with E-state index >= 15 is 0 Å². The van der Waals surface area contributed by atoms with Crippen LogP contribution in [-0.4, -0.2) is 6.54 Å². The number of halogens is 1. The van der Waals surface area contributed by atoms with Crippen molar-refractivity contribution in [2.45, 2.75) is 19.4 Å². The van der Waals surface area contributed by atoms with Crippen LogP contribution in [0.5, 0.6) is 0 Å². The first-order chi connectivity index (χ1) is 9.78. The van der Waals surface area contributed by atoms with Crippen molar-refractivity contribution in [3.63, 3.8) is 0 Å². The van der Waals surface area contributed by atoms with Crippen LogP contribution in [0.3, 0.4) is 0 Å². The number of rotatable bonds is 5. The van der Waals surface area contributed by atoms with Gasteiger partial charge in [-0.15, -0.1) is 22.7 Å². The Kier molecular flexibility index (Phi) is 4.15. The maximum Gasteiger partial charge on any atom is 0.123 e. The Bertz CT molecular complexity index is 655. The van der Waals surface area contributed by atoms with Gasteiger partial charge >= 0.3 is 0 Å². The molecule has 2 aromatic heterocycles. The predicted molar refractivity (Wildman–Crippen MR) is 86.2 cm³/mol. The second-order valence-electron chi connectivity index (χ2n) is 4.74. The van der Waals surface area contributed by atoms with Gasteiger partial charge in [0.05, 0.1) is 6.04 Å². The van der Waals surface area contributed by atoms with Crippen molar-refractivity contribution in [2.75, 3.05) is 6.54 Å². The third-order valence-electron chi connectivity index (χ3n) is 3.24. The number of thiophene rings is 2. The summed E-state index contributed by atoms with van der Waals surface area (Å²) < 4.78 is 15.8. The van der Waals surface area contributed by atoms with E-state index in [4.69, 9.17) is 0 Å². The second-order valence-corrected chi connectivity index (χ2v) is 6.80. The summed E-state index contributed by atoms with van der Waals surface area (Å²) in [4.78, 5) is 1.30. The first-order valence-corrected chi connectivity index (χ1v) is 8.43. The maximum absolute atomic E-state index is 13.1. The van der Waals surface area contributed by atoms with Crippen molar-refractivity contribution in [1.82, 2.24) is 5.32 Å². The molecule has 0 radical (unpaired) electrons. The average Bonchev–Trinajstić information content (AvgIpc) is 3.02. The van der Waals surface area contributed by atoms with Crippen LogP contribution in [0.1, 0.15) is 29.8 Å². The minimum Gasteiger partial charge on any atom is -0.306 e. The molecule has 0 spiro atoms. The average molecular weight is 305 g/mol. The monoisotopic (exact) mass is 305 g/mol. The standard InChI is InChI=1S/C16H16FNS2/c1-2-8-18-16(11-3-5-12(17)6-4-11)15-10-14-13(20-15)7-9-19-14/h3-7,9-10,16,18H,2,8H2,1H3. The van der Waals surface area contributed by atoms with Gasteiger partial charge in [-0.25, -0.2) is 4.39 Å². The van der Waals surface area contributed by atoms with Crippen molar-refractivity contribution in [2.24, 2.45) is 0 Å². The van der Waals surface area contributed by atoms with Gasteiger partial charge in [0.25, 0.3) is 0 Å². The highest BCUT2D eigenvalue weighted by atomic mass is 32.1. The third kappa shape index (κ3) is 2.77. The molecule has 1 unspecified atom stereocenters. The topological polar surface area (TPSA) is 12.0 Å². The lowest BCUT2D eigenvalue weighted by Crippen LogP contribution is -2.22. The Labute approximate surface area is 126 Å². The molecular weight excluding hydrogens is 289 g/mol. The second kappa shape index (κ2) is 6.04. The lowest BCUT2D eigenvalue weighted by molar-refractivity contribution is 0.599. The minimum atomic E-state index is -0.185. The molecule has 1 aromatic carbocycles. The fourth-order valence-corrected chi connectivity index (χ4v) is 4.48. The summed E-state index contributed by atoms with van der Waals surface area (Å²) in [5.41, 5.74) is 1.12. The van der Waals surface area contributed by atoms with E-state index in [9.17, 15) is 4.39 Å². The molecule has 20 heavy (non-hydrogen) atoms. The van der Waals surface area contributed by atoms with Gasteiger partial charge < -0.3 is 5.32 Å². The summed E-state index contributed by atoms with van der Waals surface area (Å²) in [6, 6.07) is 11.4. The Balaban J connectivity index is 1.96. The van der Waals surface area contributed by atoms with E-state index in [0.29, 0.717) is 0 Å². The molecule has 1 nitrogen and oxygen atoms in total. The van der Waals surface area contributed by atoms with E-state index in [2.05, 4.69) is 29.8 Å². The fourth-order valence-electron chi connectivity index (χ4n) is 2.25. The van der Waals surface area contributed by atoms with E-state index in [0.717, 1.165) is 18.5 Å². The largest absolute Gasteiger partial charge is 0.306 e. The molecule has 3 aromatic rings. The molecule has 0 aliphatic carbocycles. The van der Waals surface area contributed by atoms with Crippen LogP contribution in [0.2, 0.25) is 0 Å². The summed E-state index contributed by atoms with van der Waals surface area (Å²) >= 11 is 3.59. The van der Waals surface area contributed by atoms with Gasteiger partial charge in [0, 0.05) is 14.3 Å². The first-order valence-electron chi connectivity index (χ1n) is 6.73. The van der Waals surface area contributed by atoms with Gasteiger partial charge in [-0.3, -0.25) is 0 Å². The quantitative estimate of drug-likeness (QED) is 0.684. The summed E-state index contributed by atoms with van der Waals surface area (Å²) in [6.07, 6.45) is 1.08. The molecule has 3 rings (SSSR count). The van der Waals surface area contributed by atoms with Gasteiger partial charge in [0.15, 0.2) is 0 Å². The Hall–Kier alpha value is -1.23. The number of benzene rings is 1. The summed E-state index contributed by atoms with van der Waals surface area (Å²) in [7, 11) is 0. The van der Waals surface area contributed by atoms with Crippen molar-refractivity contribution < 1.29 is 4.39 Å². The molecule has 104 valence electrons. The van der Waals surface area contributed by atoms with Crippen molar-refractivity contribution >= 4 is 32.1 Å². The summed E-state index contributed by atoms with van der Waals surface area (Å²) in [5, 5.41) is 5.69. The first kappa shape index (κ1) is 13.7. The van der Waals surface area contributed by atoms with Crippen LogP contribution in [0.25, 0.3) is 9.40 Å². The Morgan fingerprint density at radius 1 is 1.15 bits per heavy atom. The highest BCUT2D eigenvalue weighted by molar-refractivity contribution is 7.27. The van der Waals surface area contributed by atoms with Crippen LogP contribution >= 0.6 is 22.7 Å². The van der Waals surface area contributed by atoms with Crippen LogP contribution in [0.4, 0.5) is 4.39 Å². The Morgan fingerprint density at radius 3 is 2.65 bits per heavy atom. The molecule has 0 saturated heterocycles. The molecule has 2 heterocycles. The highest BCUT2D eigenvalue weighted by Crippen LogP contribution is 2.35. The Morgan fingerprint density at radius 2 is 1.95 bits per heavy atom. The van der Waals surface area contributed by atoms with Gasteiger partial charge in [-0.1, -0.05) is 19.1 Å². The molecule has 0 fully saturated rings. The lowest BCUT2D eigenvalue weighted by Gasteiger charge is -2.17. The lowest BCUT2D eigenvalue weighted by atomic mass is 10.1. The fraction of sp³-hybridized carbons (Fsp3) is 0.250. The van der Waals surface area contributed by atoms with Gasteiger partial charge in [-0.2, -0.15) is 0 Å². The zero-order valence-corrected chi connectivity index (χ0v) is 12.9. The summed E-state index contributed by atoms with van der Waals surface area (Å²) in [5.74, 6) is -0.185. The summed E-state index contributed by atoms with van der Waals surface area (Å²) in [6.45, 7) is 3.11. The minimum absolute atomic E-state index is 0.153. The highest BCUT2D eigenvalue weighted by Gasteiger charge is 2.16. The molecular formula is C16H16FNS2. The maximum atomic E-state index is 13.1. The van der Waals surface area contributed by atoms with Gasteiger partial charge in [0.2, 0.25) is 0 Å². The van der Waals surface area contributed by atoms with E-state index < -0.39 is 0 Å². The smallest absolute Gasteiger partial charge is 0.123 e. The molecule has 0 aliphatic heterocycles. The van der Waals surface area contributed by atoms with E-state index in [-0.39, 0.29) is 11.9 Å². The number of fused-ring (bicyclic) bond motifs is 1. The molecule has 1 atom stereocenters. The number of hydrogen-bond acceptors (Lipinski definition) is 3. The van der Waals surface area contributed by atoms with Crippen LogP contribution < -0.4 is 5.32 Å². The zero-order chi connectivity index (χ0) is 13.9. The third-order valence-corrected chi connectivity index (χ3v) is 5.40. The molecule has 1 N–H and O–H groups in total.